The molecule has 8 nitrogen and oxygen atoms in total. The van der Waals surface area contributed by atoms with Gasteiger partial charge in [0.05, 0.1) is 17.7 Å². The van der Waals surface area contributed by atoms with Crippen LogP contribution in [0.4, 0.5) is 5.69 Å². The first-order chi connectivity index (χ1) is 14.7. The Labute approximate surface area is 180 Å². The van der Waals surface area contributed by atoms with Crippen molar-refractivity contribution in [1.82, 2.24) is 4.72 Å². The maximum Gasteiger partial charge on any atom is 0.265 e. The Kier molecular flexibility index (Phi) is 6.88. The number of carbonyl (C=O) groups is 2. The lowest BCUT2D eigenvalue weighted by molar-refractivity contribution is -0.122. The molecule has 0 unspecified atom stereocenters. The number of ketones is 1. The highest BCUT2D eigenvalue weighted by Gasteiger charge is 2.18. The highest BCUT2D eigenvalue weighted by Crippen LogP contribution is 2.18. The van der Waals surface area contributed by atoms with Gasteiger partial charge in [0.2, 0.25) is 10.0 Å². The van der Waals surface area contributed by atoms with Crippen molar-refractivity contribution in [3.63, 3.8) is 0 Å². The van der Waals surface area contributed by atoms with Crippen LogP contribution in [0.2, 0.25) is 0 Å². The van der Waals surface area contributed by atoms with E-state index in [1.165, 1.54) is 31.4 Å². The van der Waals surface area contributed by atoms with Gasteiger partial charge in [-0.1, -0.05) is 6.07 Å². The number of hydrogen-bond donors (Lipinski definition) is 2. The average molecular weight is 442 g/mol. The largest absolute Gasteiger partial charge is 0.481 e. The third-order valence-electron chi connectivity index (χ3n) is 4.37. The number of anilines is 1. The van der Waals surface area contributed by atoms with Gasteiger partial charge in [0.25, 0.3) is 5.91 Å². The number of ether oxygens (including phenoxy) is 1. The molecule has 1 amide bonds. The summed E-state index contributed by atoms with van der Waals surface area (Å²) in [6.07, 6.45) is 0.612. The van der Waals surface area contributed by atoms with Crippen LogP contribution in [0.25, 0.3) is 0 Å². The van der Waals surface area contributed by atoms with Gasteiger partial charge in [-0.25, -0.2) is 13.1 Å². The van der Waals surface area contributed by atoms with Gasteiger partial charge in [-0.3, -0.25) is 9.59 Å². The molecule has 31 heavy (non-hydrogen) atoms. The Balaban J connectivity index is 1.62. The van der Waals surface area contributed by atoms with Gasteiger partial charge < -0.3 is 14.5 Å². The van der Waals surface area contributed by atoms with E-state index in [1.807, 2.05) is 0 Å². The van der Waals surface area contributed by atoms with Crippen LogP contribution in [0, 0.1) is 0 Å². The molecular weight excluding hydrogens is 420 g/mol. The molecule has 0 bridgehead atoms. The summed E-state index contributed by atoms with van der Waals surface area (Å²) in [5.41, 5.74) is 0.858. The number of carbonyl (C=O) groups excluding carboxylic acids is 2. The van der Waals surface area contributed by atoms with Gasteiger partial charge in [-0.2, -0.15) is 0 Å². The third kappa shape index (κ3) is 6.03. The summed E-state index contributed by atoms with van der Waals surface area (Å²) in [6.45, 7) is 3.05. The normalized spacial score (nSPS) is 12.2. The van der Waals surface area contributed by atoms with Gasteiger partial charge in [-0.15, -0.1) is 0 Å². The summed E-state index contributed by atoms with van der Waals surface area (Å²) < 4.78 is 38.2. The fourth-order valence-corrected chi connectivity index (χ4v) is 3.71. The molecule has 0 fully saturated rings. The van der Waals surface area contributed by atoms with Crippen molar-refractivity contribution in [1.29, 1.82) is 0 Å². The van der Waals surface area contributed by atoms with Crippen LogP contribution < -0.4 is 14.8 Å². The Hall–Kier alpha value is -3.43. The molecule has 2 N–H and O–H groups in total. The Morgan fingerprint density at radius 1 is 1.06 bits per heavy atom. The fraction of sp³-hybridized carbons (Fsp3) is 0.182. The Bertz CT molecular complexity index is 1150. The van der Waals surface area contributed by atoms with Crippen LogP contribution in [0.3, 0.4) is 0 Å². The topological polar surface area (TPSA) is 115 Å². The average Bonchev–Trinajstić information content (AvgIpc) is 3.27. The van der Waals surface area contributed by atoms with Crippen molar-refractivity contribution in [2.24, 2.45) is 0 Å². The van der Waals surface area contributed by atoms with Crippen molar-refractivity contribution in [3.05, 3.63) is 78.3 Å². The zero-order valence-electron chi connectivity index (χ0n) is 17.0. The van der Waals surface area contributed by atoms with Gasteiger partial charge in [0, 0.05) is 11.3 Å². The molecule has 0 aliphatic rings. The lowest BCUT2D eigenvalue weighted by Gasteiger charge is -2.15. The highest BCUT2D eigenvalue weighted by molar-refractivity contribution is 7.89. The first-order valence-corrected chi connectivity index (χ1v) is 10.9. The lowest BCUT2D eigenvalue weighted by Crippen LogP contribution is -2.30. The van der Waals surface area contributed by atoms with E-state index in [4.69, 9.17) is 9.15 Å². The minimum atomic E-state index is -3.79. The van der Waals surface area contributed by atoms with E-state index in [-0.39, 0.29) is 17.2 Å². The van der Waals surface area contributed by atoms with Crippen molar-refractivity contribution in [3.8, 4) is 5.75 Å². The molecule has 0 spiro atoms. The number of nitrogens with one attached hydrogen (secondary N) is 2. The first kappa shape index (κ1) is 22.3. The van der Waals surface area contributed by atoms with Crippen LogP contribution in [-0.4, -0.2) is 26.2 Å². The highest BCUT2D eigenvalue weighted by atomic mass is 32.2. The molecule has 1 heterocycles. The number of hydrogen-bond acceptors (Lipinski definition) is 6. The van der Waals surface area contributed by atoms with Crippen molar-refractivity contribution < 1.29 is 27.2 Å². The number of rotatable bonds is 9. The summed E-state index contributed by atoms with van der Waals surface area (Å²) >= 11 is 0. The second kappa shape index (κ2) is 9.59. The third-order valence-corrected chi connectivity index (χ3v) is 5.77. The van der Waals surface area contributed by atoms with Crippen LogP contribution in [0.5, 0.6) is 5.75 Å². The predicted molar refractivity (Wildman–Crippen MR) is 114 cm³/mol. The van der Waals surface area contributed by atoms with E-state index in [0.29, 0.717) is 22.8 Å². The second-order valence-corrected chi connectivity index (χ2v) is 8.53. The summed E-state index contributed by atoms with van der Waals surface area (Å²) in [5.74, 6) is 0.404. The van der Waals surface area contributed by atoms with Gasteiger partial charge >= 0.3 is 0 Å². The summed E-state index contributed by atoms with van der Waals surface area (Å²) in [5, 5.41) is 2.64. The zero-order chi connectivity index (χ0) is 22.4. The predicted octanol–water partition coefficient (Wildman–Crippen LogP) is 3.37. The van der Waals surface area contributed by atoms with Gasteiger partial charge in [0.1, 0.15) is 11.5 Å². The molecule has 0 saturated heterocycles. The molecule has 0 aliphatic carbocycles. The minimum absolute atomic E-state index is 0.00486. The fourth-order valence-electron chi connectivity index (χ4n) is 2.67. The molecule has 1 aromatic heterocycles. The SMILES string of the molecule is CC(=O)c1ccc(O[C@H](C)C(=O)Nc2cccc(S(=O)(=O)NCc3ccco3)c2)cc1. The smallest absolute Gasteiger partial charge is 0.265 e. The van der Waals surface area contributed by atoms with E-state index in [1.54, 1.807) is 49.4 Å². The maximum atomic E-state index is 12.5. The quantitative estimate of drug-likeness (QED) is 0.491. The van der Waals surface area contributed by atoms with Gasteiger partial charge in [0.15, 0.2) is 11.9 Å². The van der Waals surface area contributed by atoms with Crippen LogP contribution in [0.1, 0.15) is 30.0 Å². The summed E-state index contributed by atoms with van der Waals surface area (Å²) in [7, 11) is -3.79. The van der Waals surface area contributed by atoms with E-state index in [0.717, 1.165) is 0 Å². The van der Waals surface area contributed by atoms with Crippen molar-refractivity contribution >= 4 is 27.4 Å². The van der Waals surface area contributed by atoms with Crippen molar-refractivity contribution in [2.75, 3.05) is 5.32 Å². The molecule has 0 radical (unpaired) electrons. The van der Waals surface area contributed by atoms with Gasteiger partial charge in [-0.05, 0) is 68.4 Å². The molecule has 162 valence electrons. The number of amides is 1. The van der Waals surface area contributed by atoms with Crippen LogP contribution >= 0.6 is 0 Å². The molecule has 0 saturated carbocycles. The summed E-state index contributed by atoms with van der Waals surface area (Å²) in [4.78, 5) is 23.8. The standard InChI is InChI=1S/C22H22N2O6S/c1-15(25)17-8-10-19(11-9-17)30-16(2)22(26)24-18-5-3-7-21(13-18)31(27,28)23-14-20-6-4-12-29-20/h3-13,16,23H,14H2,1-2H3,(H,24,26)/t16-/m1/s1. The molecular formula is C22H22N2O6S. The second-order valence-electron chi connectivity index (χ2n) is 6.76. The number of furan rings is 1. The monoisotopic (exact) mass is 442 g/mol. The molecule has 3 aromatic rings. The molecule has 9 heteroatoms. The first-order valence-electron chi connectivity index (χ1n) is 9.45. The Morgan fingerprint density at radius 2 is 1.81 bits per heavy atom. The number of sulfonamides is 1. The number of benzene rings is 2. The van der Waals surface area contributed by atoms with E-state index in [9.17, 15) is 18.0 Å². The summed E-state index contributed by atoms with van der Waals surface area (Å²) in [6, 6.07) is 15.7. The zero-order valence-corrected chi connectivity index (χ0v) is 17.8. The minimum Gasteiger partial charge on any atom is -0.481 e. The van der Waals surface area contributed by atoms with E-state index in [2.05, 4.69) is 10.0 Å². The van der Waals surface area contributed by atoms with E-state index >= 15 is 0 Å². The molecule has 1 atom stereocenters. The molecule has 2 aromatic carbocycles. The van der Waals surface area contributed by atoms with Crippen LogP contribution in [-0.2, 0) is 21.4 Å². The number of Topliss-reactive ketones (excluding diaryl/α,β-unsaturated/α-hetero) is 1. The maximum absolute atomic E-state index is 12.5. The molecule has 0 aliphatic heterocycles. The Morgan fingerprint density at radius 3 is 2.45 bits per heavy atom. The van der Waals surface area contributed by atoms with Crippen molar-refractivity contribution in [2.45, 2.75) is 31.4 Å². The molecule has 3 rings (SSSR count). The van der Waals surface area contributed by atoms with Crippen LogP contribution in [0.15, 0.2) is 76.2 Å². The lowest BCUT2D eigenvalue weighted by atomic mass is 10.1. The van der Waals surface area contributed by atoms with E-state index < -0.39 is 22.0 Å².